The molecular weight excluding hydrogens is 258 g/mol. The third-order valence-corrected chi connectivity index (χ3v) is 2.86. The van der Waals surface area contributed by atoms with Gasteiger partial charge in [0.2, 0.25) is 0 Å². The predicted octanol–water partition coefficient (Wildman–Crippen LogP) is 2.86. The van der Waals surface area contributed by atoms with Crippen molar-refractivity contribution < 1.29 is 9.72 Å². The van der Waals surface area contributed by atoms with Crippen molar-refractivity contribution >= 4 is 17.3 Å². The van der Waals surface area contributed by atoms with E-state index in [2.05, 4.69) is 10.3 Å². The fourth-order valence-corrected chi connectivity index (χ4v) is 1.81. The number of nitro groups is 1. The minimum Gasteiger partial charge on any atom is -0.320 e. The van der Waals surface area contributed by atoms with E-state index in [4.69, 9.17) is 0 Å². The average Bonchev–Trinajstić information content (AvgIpc) is 2.42. The molecule has 0 aliphatic carbocycles. The van der Waals surface area contributed by atoms with Crippen LogP contribution in [0.2, 0.25) is 0 Å². The van der Waals surface area contributed by atoms with E-state index in [0.717, 1.165) is 0 Å². The molecule has 6 heteroatoms. The van der Waals surface area contributed by atoms with Crippen LogP contribution in [0.5, 0.6) is 0 Å². The summed E-state index contributed by atoms with van der Waals surface area (Å²) in [5.41, 5.74) is 1.58. The van der Waals surface area contributed by atoms with E-state index < -0.39 is 4.92 Å². The van der Waals surface area contributed by atoms with Crippen molar-refractivity contribution in [2.24, 2.45) is 0 Å². The Balaban J connectivity index is 2.32. The number of carbonyl (C=O) groups excluding carboxylic acids is 1. The summed E-state index contributed by atoms with van der Waals surface area (Å²) in [6, 6.07) is 9.97. The molecule has 0 bridgehead atoms. The number of hydrogen-bond donors (Lipinski definition) is 1. The fraction of sp³-hybridized carbons (Fsp3) is 0.143. The Morgan fingerprint density at radius 1 is 1.20 bits per heavy atom. The molecule has 0 aliphatic rings. The maximum atomic E-state index is 12.0. The molecule has 0 aliphatic heterocycles. The number of hydrogen-bond acceptors (Lipinski definition) is 4. The summed E-state index contributed by atoms with van der Waals surface area (Å²) in [6.45, 7) is 3.26. The van der Waals surface area contributed by atoms with E-state index in [1.54, 1.807) is 44.2 Å². The van der Waals surface area contributed by atoms with E-state index in [1.165, 1.54) is 6.07 Å². The van der Waals surface area contributed by atoms with Crippen LogP contribution in [0.3, 0.4) is 0 Å². The lowest BCUT2D eigenvalue weighted by Crippen LogP contribution is -2.13. The van der Waals surface area contributed by atoms with Gasteiger partial charge in [0.1, 0.15) is 5.69 Å². The van der Waals surface area contributed by atoms with Crippen molar-refractivity contribution in [3.63, 3.8) is 0 Å². The summed E-state index contributed by atoms with van der Waals surface area (Å²) in [5, 5.41) is 13.5. The van der Waals surface area contributed by atoms with Gasteiger partial charge >= 0.3 is 0 Å². The first-order valence-electron chi connectivity index (χ1n) is 5.98. The van der Waals surface area contributed by atoms with Gasteiger partial charge in [0.05, 0.1) is 16.3 Å². The minimum absolute atomic E-state index is 0.112. The van der Waals surface area contributed by atoms with Crippen LogP contribution in [0.15, 0.2) is 36.4 Å². The van der Waals surface area contributed by atoms with Gasteiger partial charge < -0.3 is 5.32 Å². The van der Waals surface area contributed by atoms with Gasteiger partial charge in [-0.3, -0.25) is 14.9 Å². The van der Waals surface area contributed by atoms with Gasteiger partial charge in [0, 0.05) is 11.6 Å². The fourth-order valence-electron chi connectivity index (χ4n) is 1.81. The number of aryl methyl sites for hydroxylation is 2. The second-order valence-electron chi connectivity index (χ2n) is 4.30. The molecular formula is C14H13N3O3. The number of aromatic nitrogens is 1. The Labute approximate surface area is 115 Å². The molecule has 0 saturated heterocycles. The van der Waals surface area contributed by atoms with Crippen LogP contribution in [0.1, 0.15) is 21.7 Å². The van der Waals surface area contributed by atoms with Crippen LogP contribution >= 0.6 is 0 Å². The normalized spacial score (nSPS) is 10.1. The highest BCUT2D eigenvalue weighted by molar-refractivity contribution is 6.04. The molecule has 0 fully saturated rings. The average molecular weight is 271 g/mol. The molecule has 102 valence electrons. The highest BCUT2D eigenvalue weighted by Crippen LogP contribution is 2.23. The molecule has 1 aromatic heterocycles. The predicted molar refractivity (Wildman–Crippen MR) is 74.8 cm³/mol. The number of benzene rings is 1. The van der Waals surface area contributed by atoms with Crippen LogP contribution in [0.25, 0.3) is 0 Å². The van der Waals surface area contributed by atoms with Crippen molar-refractivity contribution in [3.8, 4) is 0 Å². The minimum atomic E-state index is -0.514. The summed E-state index contributed by atoms with van der Waals surface area (Å²) in [7, 11) is 0. The molecule has 0 spiro atoms. The Kier molecular flexibility index (Phi) is 3.74. The van der Waals surface area contributed by atoms with E-state index >= 15 is 0 Å². The monoisotopic (exact) mass is 271 g/mol. The summed E-state index contributed by atoms with van der Waals surface area (Å²) in [6.07, 6.45) is 0. The molecule has 0 unspecified atom stereocenters. The third-order valence-electron chi connectivity index (χ3n) is 2.86. The lowest BCUT2D eigenvalue weighted by Gasteiger charge is -2.09. The Bertz CT molecular complexity index is 669. The van der Waals surface area contributed by atoms with Crippen molar-refractivity contribution in [1.82, 2.24) is 4.98 Å². The Hall–Kier alpha value is -2.76. The number of amides is 1. The molecule has 2 rings (SSSR count). The summed E-state index contributed by atoms with van der Waals surface area (Å²) in [5.74, 6) is -0.325. The smallest absolute Gasteiger partial charge is 0.292 e. The quantitative estimate of drug-likeness (QED) is 0.687. The summed E-state index contributed by atoms with van der Waals surface area (Å²) >= 11 is 0. The number of pyridine rings is 1. The highest BCUT2D eigenvalue weighted by atomic mass is 16.6. The van der Waals surface area contributed by atoms with Gasteiger partial charge in [-0.2, -0.15) is 0 Å². The first kappa shape index (κ1) is 13.7. The molecule has 1 heterocycles. The largest absolute Gasteiger partial charge is 0.320 e. The van der Waals surface area contributed by atoms with E-state index in [9.17, 15) is 14.9 Å². The molecule has 0 saturated carbocycles. The first-order valence-corrected chi connectivity index (χ1v) is 5.98. The zero-order valence-electron chi connectivity index (χ0n) is 11.1. The molecule has 0 atom stereocenters. The Morgan fingerprint density at radius 3 is 2.45 bits per heavy atom. The topological polar surface area (TPSA) is 85.1 Å². The van der Waals surface area contributed by atoms with Crippen LogP contribution in [0.4, 0.5) is 11.4 Å². The van der Waals surface area contributed by atoms with Gasteiger partial charge in [0.25, 0.3) is 11.6 Å². The second kappa shape index (κ2) is 5.48. The zero-order chi connectivity index (χ0) is 14.7. The lowest BCUT2D eigenvalue weighted by molar-refractivity contribution is -0.385. The third kappa shape index (κ3) is 2.80. The Morgan fingerprint density at radius 2 is 1.85 bits per heavy atom. The number of carbonyl (C=O) groups is 1. The van der Waals surface area contributed by atoms with Crippen LogP contribution in [-0.2, 0) is 0 Å². The summed E-state index contributed by atoms with van der Waals surface area (Å²) in [4.78, 5) is 26.5. The molecule has 2 aromatic rings. The van der Waals surface area contributed by atoms with Crippen LogP contribution < -0.4 is 5.32 Å². The second-order valence-corrected chi connectivity index (χ2v) is 4.30. The van der Waals surface area contributed by atoms with E-state index in [0.29, 0.717) is 22.6 Å². The van der Waals surface area contributed by atoms with Crippen molar-refractivity contribution in [1.29, 1.82) is 0 Å². The lowest BCUT2D eigenvalue weighted by atomic mass is 10.2. The zero-order valence-corrected chi connectivity index (χ0v) is 11.1. The molecule has 6 nitrogen and oxygen atoms in total. The molecule has 0 radical (unpaired) electrons. The van der Waals surface area contributed by atoms with Crippen molar-refractivity contribution in [3.05, 3.63) is 63.5 Å². The van der Waals surface area contributed by atoms with Crippen LogP contribution in [0, 0.1) is 24.0 Å². The molecule has 1 N–H and O–H groups in total. The van der Waals surface area contributed by atoms with Crippen molar-refractivity contribution in [2.75, 3.05) is 5.32 Å². The van der Waals surface area contributed by atoms with Gasteiger partial charge in [-0.1, -0.05) is 18.2 Å². The number of rotatable bonds is 3. The number of nitrogens with zero attached hydrogens (tertiary/aromatic N) is 2. The molecule has 1 amide bonds. The standard InChI is InChI=1S/C14H13N3O3/c1-9-12(8-13(17(19)20)10(2)15-9)16-14(18)11-6-4-3-5-7-11/h3-8H,1-2H3,(H,16,18). The van der Waals surface area contributed by atoms with Gasteiger partial charge in [-0.15, -0.1) is 0 Å². The van der Waals surface area contributed by atoms with Crippen LogP contribution in [-0.4, -0.2) is 15.8 Å². The molecule has 1 aromatic carbocycles. The summed E-state index contributed by atoms with van der Waals surface area (Å²) < 4.78 is 0. The molecule has 20 heavy (non-hydrogen) atoms. The van der Waals surface area contributed by atoms with Gasteiger partial charge in [0.15, 0.2) is 0 Å². The van der Waals surface area contributed by atoms with Gasteiger partial charge in [-0.25, -0.2) is 4.98 Å². The van der Waals surface area contributed by atoms with E-state index in [-0.39, 0.29) is 11.6 Å². The maximum Gasteiger partial charge on any atom is 0.292 e. The highest BCUT2D eigenvalue weighted by Gasteiger charge is 2.16. The maximum absolute atomic E-state index is 12.0. The number of nitrogens with one attached hydrogen (secondary N) is 1. The number of anilines is 1. The van der Waals surface area contributed by atoms with E-state index in [1.807, 2.05) is 0 Å². The van der Waals surface area contributed by atoms with Gasteiger partial charge in [-0.05, 0) is 26.0 Å². The SMILES string of the molecule is Cc1nc(C)c([N+](=O)[O-])cc1NC(=O)c1ccccc1. The van der Waals surface area contributed by atoms with Crippen molar-refractivity contribution in [2.45, 2.75) is 13.8 Å². The first-order chi connectivity index (χ1) is 9.49.